The highest BCUT2D eigenvalue weighted by Gasteiger charge is 2.21. The van der Waals surface area contributed by atoms with Crippen LogP contribution in [0.4, 0.5) is 0 Å². The summed E-state index contributed by atoms with van der Waals surface area (Å²) in [5.41, 5.74) is 0. The van der Waals surface area contributed by atoms with Gasteiger partial charge in [0, 0.05) is 25.4 Å². The van der Waals surface area contributed by atoms with Gasteiger partial charge in [-0.15, -0.1) is 11.6 Å². The van der Waals surface area contributed by atoms with E-state index in [1.807, 2.05) is 4.90 Å². The number of likely N-dealkylation sites (tertiary alicyclic amines) is 1. The molecule has 13 heavy (non-hydrogen) atoms. The molecule has 1 rings (SSSR count). The Labute approximate surface area is 85.2 Å². The fraction of sp³-hybridized carbons (Fsp3) is 0.900. The zero-order chi connectivity index (χ0) is 9.68. The van der Waals surface area contributed by atoms with Crippen molar-refractivity contribution in [2.75, 3.05) is 19.0 Å². The molecule has 1 aliphatic heterocycles. The summed E-state index contributed by atoms with van der Waals surface area (Å²) in [5, 5.41) is 0. The lowest BCUT2D eigenvalue weighted by molar-refractivity contribution is -0.132. The van der Waals surface area contributed by atoms with Gasteiger partial charge >= 0.3 is 0 Å². The number of carbonyl (C=O) groups excluding carboxylic acids is 1. The summed E-state index contributed by atoms with van der Waals surface area (Å²) in [4.78, 5) is 13.5. The number of piperidine rings is 1. The first-order valence-corrected chi connectivity index (χ1v) is 5.65. The summed E-state index contributed by atoms with van der Waals surface area (Å²) >= 11 is 5.54. The van der Waals surface area contributed by atoms with E-state index < -0.39 is 0 Å². The second kappa shape index (κ2) is 5.48. The molecule has 0 saturated carbocycles. The van der Waals surface area contributed by atoms with Gasteiger partial charge in [0.05, 0.1) is 0 Å². The molecule has 0 aromatic heterocycles. The van der Waals surface area contributed by atoms with Gasteiger partial charge in [-0.1, -0.05) is 13.3 Å². The van der Waals surface area contributed by atoms with Crippen molar-refractivity contribution in [1.82, 2.24) is 4.90 Å². The van der Waals surface area contributed by atoms with Crippen molar-refractivity contribution in [2.24, 2.45) is 5.92 Å². The van der Waals surface area contributed by atoms with E-state index in [4.69, 9.17) is 11.6 Å². The van der Waals surface area contributed by atoms with Gasteiger partial charge in [0.15, 0.2) is 0 Å². The summed E-state index contributed by atoms with van der Waals surface area (Å²) in [6.45, 7) is 4.08. The number of amides is 1. The molecular formula is C10H18ClNO. The van der Waals surface area contributed by atoms with Gasteiger partial charge in [-0.2, -0.15) is 0 Å². The minimum Gasteiger partial charge on any atom is -0.342 e. The maximum absolute atomic E-state index is 11.5. The summed E-state index contributed by atoms with van der Waals surface area (Å²) in [7, 11) is 0. The van der Waals surface area contributed by atoms with Gasteiger partial charge in [0.2, 0.25) is 5.91 Å². The van der Waals surface area contributed by atoms with Gasteiger partial charge in [0.25, 0.3) is 0 Å². The zero-order valence-electron chi connectivity index (χ0n) is 8.26. The lowest BCUT2D eigenvalue weighted by Gasteiger charge is -2.32. The topological polar surface area (TPSA) is 20.3 Å². The van der Waals surface area contributed by atoms with Crippen LogP contribution in [0.5, 0.6) is 0 Å². The lowest BCUT2D eigenvalue weighted by atomic mass is 9.95. The first-order valence-electron chi connectivity index (χ1n) is 5.11. The van der Waals surface area contributed by atoms with Crippen LogP contribution in [-0.2, 0) is 4.79 Å². The van der Waals surface area contributed by atoms with Crippen molar-refractivity contribution in [3.05, 3.63) is 0 Å². The van der Waals surface area contributed by atoms with Crippen LogP contribution in [0.25, 0.3) is 0 Å². The Balaban J connectivity index is 2.37. The Bertz CT molecular complexity index is 172. The van der Waals surface area contributed by atoms with Gasteiger partial charge in [-0.3, -0.25) is 4.79 Å². The molecule has 1 saturated heterocycles. The van der Waals surface area contributed by atoms with Crippen LogP contribution in [0, 0.1) is 5.92 Å². The number of hydrogen-bond acceptors (Lipinski definition) is 1. The molecule has 0 N–H and O–H groups in total. The van der Waals surface area contributed by atoms with E-state index in [0.717, 1.165) is 19.5 Å². The highest BCUT2D eigenvalue weighted by Crippen LogP contribution is 2.19. The van der Waals surface area contributed by atoms with Crippen LogP contribution in [0.15, 0.2) is 0 Å². The highest BCUT2D eigenvalue weighted by molar-refractivity contribution is 6.18. The number of alkyl halides is 1. The van der Waals surface area contributed by atoms with Crippen LogP contribution in [-0.4, -0.2) is 29.8 Å². The Kier molecular flexibility index (Phi) is 4.57. The molecule has 1 fully saturated rings. The maximum Gasteiger partial charge on any atom is 0.223 e. The van der Waals surface area contributed by atoms with Crippen molar-refractivity contribution in [2.45, 2.75) is 32.6 Å². The van der Waals surface area contributed by atoms with Gasteiger partial charge < -0.3 is 4.90 Å². The van der Waals surface area contributed by atoms with E-state index in [1.165, 1.54) is 12.8 Å². The molecular weight excluding hydrogens is 186 g/mol. The number of nitrogens with zero attached hydrogens (tertiary/aromatic N) is 1. The highest BCUT2D eigenvalue weighted by atomic mass is 35.5. The molecule has 2 nitrogen and oxygen atoms in total. The molecule has 3 heteroatoms. The summed E-state index contributed by atoms with van der Waals surface area (Å²) < 4.78 is 0. The molecule has 0 aliphatic carbocycles. The predicted molar refractivity (Wildman–Crippen MR) is 54.9 cm³/mol. The molecule has 0 radical (unpaired) electrons. The van der Waals surface area contributed by atoms with Crippen molar-refractivity contribution >= 4 is 17.5 Å². The van der Waals surface area contributed by atoms with Crippen LogP contribution in [0.1, 0.15) is 32.6 Å². The third kappa shape index (κ3) is 3.18. The molecule has 0 spiro atoms. The normalized spacial score (nSPS) is 23.2. The van der Waals surface area contributed by atoms with Crippen LogP contribution in [0.2, 0.25) is 0 Å². The minimum absolute atomic E-state index is 0.230. The third-order valence-corrected chi connectivity index (χ3v) is 2.95. The molecule has 76 valence electrons. The van der Waals surface area contributed by atoms with Crippen LogP contribution < -0.4 is 0 Å². The number of rotatable bonds is 3. The van der Waals surface area contributed by atoms with Crippen LogP contribution in [0.3, 0.4) is 0 Å². The Hall–Kier alpha value is -0.240. The standard InChI is InChI=1S/C10H18ClNO/c1-2-9-4-3-7-12(8-9)10(13)5-6-11/h9H,2-8H2,1H3. The number of hydrogen-bond donors (Lipinski definition) is 0. The molecule has 1 aliphatic rings. The molecule has 1 amide bonds. The fourth-order valence-corrected chi connectivity index (χ4v) is 2.03. The van der Waals surface area contributed by atoms with E-state index in [1.54, 1.807) is 0 Å². The van der Waals surface area contributed by atoms with Crippen LogP contribution >= 0.6 is 11.6 Å². The van der Waals surface area contributed by atoms with E-state index in [9.17, 15) is 4.79 Å². The first-order chi connectivity index (χ1) is 6.27. The zero-order valence-corrected chi connectivity index (χ0v) is 9.02. The largest absolute Gasteiger partial charge is 0.342 e. The maximum atomic E-state index is 11.5. The van der Waals surface area contributed by atoms with E-state index in [2.05, 4.69) is 6.92 Å². The number of carbonyl (C=O) groups is 1. The average molecular weight is 204 g/mol. The Morgan fingerprint density at radius 2 is 2.38 bits per heavy atom. The number of halogens is 1. The SMILES string of the molecule is CCC1CCCN(C(=O)CCCl)C1. The van der Waals surface area contributed by atoms with Gasteiger partial charge in [-0.05, 0) is 18.8 Å². The molecule has 1 heterocycles. The van der Waals surface area contributed by atoms with Crippen molar-refractivity contribution in [3.8, 4) is 0 Å². The van der Waals surface area contributed by atoms with E-state index in [0.29, 0.717) is 18.2 Å². The predicted octanol–water partition coefficient (Wildman–Crippen LogP) is 2.26. The second-order valence-corrected chi connectivity index (χ2v) is 4.07. The van der Waals surface area contributed by atoms with E-state index in [-0.39, 0.29) is 5.91 Å². The Morgan fingerprint density at radius 1 is 1.62 bits per heavy atom. The summed E-state index contributed by atoms with van der Waals surface area (Å²) in [5.74, 6) is 1.40. The van der Waals surface area contributed by atoms with Crippen molar-refractivity contribution < 1.29 is 4.79 Å². The second-order valence-electron chi connectivity index (χ2n) is 3.70. The monoisotopic (exact) mass is 203 g/mol. The van der Waals surface area contributed by atoms with Gasteiger partial charge in [0.1, 0.15) is 0 Å². The molecule has 1 atom stereocenters. The summed E-state index contributed by atoms with van der Waals surface area (Å²) in [6.07, 6.45) is 4.12. The van der Waals surface area contributed by atoms with Gasteiger partial charge in [-0.25, -0.2) is 0 Å². The Morgan fingerprint density at radius 3 is 3.00 bits per heavy atom. The lowest BCUT2D eigenvalue weighted by Crippen LogP contribution is -2.39. The molecule has 0 bridgehead atoms. The first kappa shape index (κ1) is 10.8. The minimum atomic E-state index is 0.230. The van der Waals surface area contributed by atoms with E-state index >= 15 is 0 Å². The molecule has 1 unspecified atom stereocenters. The average Bonchev–Trinajstić information content (AvgIpc) is 2.18. The smallest absolute Gasteiger partial charge is 0.223 e. The molecule has 0 aromatic carbocycles. The summed E-state index contributed by atoms with van der Waals surface area (Å²) in [6, 6.07) is 0. The van der Waals surface area contributed by atoms with Crippen molar-refractivity contribution in [1.29, 1.82) is 0 Å². The quantitative estimate of drug-likeness (QED) is 0.645. The fourth-order valence-electron chi connectivity index (χ4n) is 1.86. The third-order valence-electron chi connectivity index (χ3n) is 2.76. The molecule has 0 aromatic rings. The van der Waals surface area contributed by atoms with Crippen molar-refractivity contribution in [3.63, 3.8) is 0 Å².